The molecule has 130 valence electrons. The molecule has 1 aromatic heterocycles. The Morgan fingerprint density at radius 2 is 2.04 bits per heavy atom. The topological polar surface area (TPSA) is 54.2 Å². The first-order valence-corrected chi connectivity index (χ1v) is 8.31. The third kappa shape index (κ3) is 3.62. The predicted molar refractivity (Wildman–Crippen MR) is 85.4 cm³/mol. The Balaban J connectivity index is 1.57. The second-order valence-electron chi connectivity index (χ2n) is 6.23. The third-order valence-electron chi connectivity index (χ3n) is 4.69. The van der Waals surface area contributed by atoms with Crippen LogP contribution in [-0.2, 0) is 6.54 Å². The van der Waals surface area contributed by atoms with E-state index in [1.807, 2.05) is 0 Å². The Labute approximate surface area is 139 Å². The van der Waals surface area contributed by atoms with E-state index in [-0.39, 0.29) is 5.56 Å². The SMILES string of the molecule is CCn1cnnc1C1CCN(CC(O)c2ccc(F)cc2F)CC1. The van der Waals surface area contributed by atoms with Crippen molar-refractivity contribution in [2.75, 3.05) is 19.6 Å². The normalized spacial score (nSPS) is 18.0. The first kappa shape index (κ1) is 17.0. The van der Waals surface area contributed by atoms with Gasteiger partial charge in [-0.3, -0.25) is 0 Å². The highest BCUT2D eigenvalue weighted by atomic mass is 19.1. The Morgan fingerprint density at radius 3 is 2.71 bits per heavy atom. The summed E-state index contributed by atoms with van der Waals surface area (Å²) >= 11 is 0. The number of rotatable bonds is 5. The lowest BCUT2D eigenvalue weighted by molar-refractivity contribution is 0.0937. The van der Waals surface area contributed by atoms with Gasteiger partial charge in [-0.05, 0) is 38.9 Å². The van der Waals surface area contributed by atoms with Crippen LogP contribution in [0.3, 0.4) is 0 Å². The molecule has 1 fully saturated rings. The van der Waals surface area contributed by atoms with Crippen molar-refractivity contribution >= 4 is 0 Å². The summed E-state index contributed by atoms with van der Waals surface area (Å²) in [4.78, 5) is 2.11. The highest BCUT2D eigenvalue weighted by Crippen LogP contribution is 2.28. The number of halogens is 2. The molecule has 3 rings (SSSR count). The first-order valence-electron chi connectivity index (χ1n) is 8.31. The number of hydrogen-bond acceptors (Lipinski definition) is 4. The molecule has 0 saturated carbocycles. The van der Waals surface area contributed by atoms with Crippen LogP contribution in [0.1, 0.15) is 43.2 Å². The van der Waals surface area contributed by atoms with Gasteiger partial charge in [0.05, 0.1) is 6.10 Å². The van der Waals surface area contributed by atoms with E-state index < -0.39 is 17.7 Å². The highest BCUT2D eigenvalue weighted by molar-refractivity contribution is 5.21. The summed E-state index contributed by atoms with van der Waals surface area (Å²) in [5.74, 6) is 0.0448. The molecule has 1 unspecified atom stereocenters. The van der Waals surface area contributed by atoms with Gasteiger partial charge in [0, 0.05) is 30.6 Å². The molecule has 5 nitrogen and oxygen atoms in total. The number of aryl methyl sites for hydroxylation is 1. The number of aliphatic hydroxyl groups excluding tert-OH is 1. The molecule has 0 amide bonds. The molecular weight excluding hydrogens is 314 g/mol. The second kappa shape index (κ2) is 7.36. The number of aromatic nitrogens is 3. The minimum Gasteiger partial charge on any atom is -0.387 e. The van der Waals surface area contributed by atoms with E-state index in [2.05, 4.69) is 26.6 Å². The fourth-order valence-electron chi connectivity index (χ4n) is 3.31. The van der Waals surface area contributed by atoms with Gasteiger partial charge in [-0.1, -0.05) is 6.07 Å². The van der Waals surface area contributed by atoms with Crippen LogP contribution < -0.4 is 0 Å². The molecule has 0 aliphatic carbocycles. The number of β-amino-alcohol motifs (C(OH)–C–C–N with tert-alkyl or cyclic N) is 1. The van der Waals surface area contributed by atoms with E-state index in [1.165, 1.54) is 12.1 Å². The van der Waals surface area contributed by atoms with Gasteiger partial charge in [0.2, 0.25) is 0 Å². The fraction of sp³-hybridized carbons (Fsp3) is 0.529. The van der Waals surface area contributed by atoms with Gasteiger partial charge in [0.25, 0.3) is 0 Å². The molecule has 1 aliphatic heterocycles. The van der Waals surface area contributed by atoms with Crippen LogP contribution in [0, 0.1) is 11.6 Å². The van der Waals surface area contributed by atoms with Crippen molar-refractivity contribution in [3.63, 3.8) is 0 Å². The van der Waals surface area contributed by atoms with E-state index >= 15 is 0 Å². The third-order valence-corrected chi connectivity index (χ3v) is 4.69. The van der Waals surface area contributed by atoms with Crippen LogP contribution in [0.4, 0.5) is 8.78 Å². The van der Waals surface area contributed by atoms with Crippen molar-refractivity contribution in [3.8, 4) is 0 Å². The van der Waals surface area contributed by atoms with E-state index in [0.29, 0.717) is 12.5 Å². The summed E-state index contributed by atoms with van der Waals surface area (Å²) in [5.41, 5.74) is 0.143. The van der Waals surface area contributed by atoms with Gasteiger partial charge in [-0.15, -0.1) is 10.2 Å². The van der Waals surface area contributed by atoms with Crippen molar-refractivity contribution in [1.82, 2.24) is 19.7 Å². The van der Waals surface area contributed by atoms with Crippen LogP contribution in [0.15, 0.2) is 24.5 Å². The van der Waals surface area contributed by atoms with E-state index in [9.17, 15) is 13.9 Å². The van der Waals surface area contributed by atoms with Crippen molar-refractivity contribution in [3.05, 3.63) is 47.5 Å². The summed E-state index contributed by atoms with van der Waals surface area (Å²) in [5, 5.41) is 18.4. The predicted octanol–water partition coefficient (Wildman–Crippen LogP) is 2.49. The van der Waals surface area contributed by atoms with Crippen LogP contribution in [0.25, 0.3) is 0 Å². The van der Waals surface area contributed by atoms with Crippen LogP contribution in [0.2, 0.25) is 0 Å². The van der Waals surface area contributed by atoms with Crippen LogP contribution in [-0.4, -0.2) is 44.4 Å². The second-order valence-corrected chi connectivity index (χ2v) is 6.23. The minimum absolute atomic E-state index is 0.143. The largest absolute Gasteiger partial charge is 0.387 e. The molecule has 1 atom stereocenters. The number of benzene rings is 1. The molecule has 24 heavy (non-hydrogen) atoms. The molecule has 0 bridgehead atoms. The van der Waals surface area contributed by atoms with Gasteiger partial charge < -0.3 is 14.6 Å². The number of hydrogen-bond donors (Lipinski definition) is 1. The van der Waals surface area contributed by atoms with Crippen LogP contribution in [0.5, 0.6) is 0 Å². The molecular formula is C17H22F2N4O. The lowest BCUT2D eigenvalue weighted by Crippen LogP contribution is -2.36. The summed E-state index contributed by atoms with van der Waals surface area (Å²) in [7, 11) is 0. The van der Waals surface area contributed by atoms with Gasteiger partial charge in [0.1, 0.15) is 23.8 Å². The van der Waals surface area contributed by atoms with E-state index in [1.54, 1.807) is 6.33 Å². The number of piperidine rings is 1. The molecule has 1 aromatic carbocycles. The quantitative estimate of drug-likeness (QED) is 0.911. The molecule has 2 aromatic rings. The Bertz CT molecular complexity index is 683. The summed E-state index contributed by atoms with van der Waals surface area (Å²) in [6.07, 6.45) is 2.65. The molecule has 0 spiro atoms. The summed E-state index contributed by atoms with van der Waals surface area (Å²) in [6.45, 7) is 4.87. The van der Waals surface area contributed by atoms with E-state index in [0.717, 1.165) is 44.4 Å². The van der Waals surface area contributed by atoms with Crippen molar-refractivity contribution in [1.29, 1.82) is 0 Å². The highest BCUT2D eigenvalue weighted by Gasteiger charge is 2.26. The molecule has 1 aliphatic rings. The van der Waals surface area contributed by atoms with Gasteiger partial charge in [-0.2, -0.15) is 0 Å². The lowest BCUT2D eigenvalue weighted by Gasteiger charge is -2.32. The van der Waals surface area contributed by atoms with Crippen molar-refractivity contribution in [2.45, 2.75) is 38.3 Å². The number of aliphatic hydroxyl groups is 1. The van der Waals surface area contributed by atoms with Gasteiger partial charge in [0.15, 0.2) is 0 Å². The molecule has 1 saturated heterocycles. The summed E-state index contributed by atoms with van der Waals surface area (Å²) < 4.78 is 28.8. The molecule has 2 heterocycles. The molecule has 0 radical (unpaired) electrons. The maximum absolute atomic E-state index is 13.7. The average molecular weight is 336 g/mol. The Kier molecular flexibility index (Phi) is 5.20. The standard InChI is InChI=1S/C17H22F2N4O/c1-2-23-11-20-21-17(23)12-5-7-22(8-6-12)10-16(24)14-4-3-13(18)9-15(14)19/h3-4,9,11-12,16,24H,2,5-8,10H2,1H3. The minimum atomic E-state index is -0.957. The average Bonchev–Trinajstić information content (AvgIpc) is 3.04. The first-order chi connectivity index (χ1) is 11.6. The summed E-state index contributed by atoms with van der Waals surface area (Å²) in [6, 6.07) is 3.29. The Morgan fingerprint density at radius 1 is 1.29 bits per heavy atom. The zero-order valence-corrected chi connectivity index (χ0v) is 13.7. The molecule has 1 N–H and O–H groups in total. The zero-order valence-electron chi connectivity index (χ0n) is 13.7. The van der Waals surface area contributed by atoms with Crippen molar-refractivity contribution < 1.29 is 13.9 Å². The van der Waals surface area contributed by atoms with Crippen LogP contribution >= 0.6 is 0 Å². The lowest BCUT2D eigenvalue weighted by atomic mass is 9.95. The zero-order chi connectivity index (χ0) is 17.1. The van der Waals surface area contributed by atoms with Crippen molar-refractivity contribution in [2.24, 2.45) is 0 Å². The Hall–Kier alpha value is -1.86. The fourth-order valence-corrected chi connectivity index (χ4v) is 3.31. The number of likely N-dealkylation sites (tertiary alicyclic amines) is 1. The maximum atomic E-state index is 13.7. The van der Waals surface area contributed by atoms with E-state index in [4.69, 9.17) is 0 Å². The number of nitrogens with zero attached hydrogens (tertiary/aromatic N) is 4. The van der Waals surface area contributed by atoms with Gasteiger partial charge in [-0.25, -0.2) is 8.78 Å². The smallest absolute Gasteiger partial charge is 0.135 e. The molecule has 7 heteroatoms. The maximum Gasteiger partial charge on any atom is 0.135 e. The van der Waals surface area contributed by atoms with Gasteiger partial charge >= 0.3 is 0 Å². The monoisotopic (exact) mass is 336 g/mol.